The van der Waals surface area contributed by atoms with Crippen LogP contribution in [0.15, 0.2) is 0 Å². The van der Waals surface area contributed by atoms with Crippen molar-refractivity contribution in [3.05, 3.63) is 0 Å². The Kier molecular flexibility index (Phi) is 4.44. The van der Waals surface area contributed by atoms with E-state index in [1.165, 1.54) is 6.92 Å². The molecule has 7 rings (SSSR count). The highest BCUT2D eigenvalue weighted by Crippen LogP contribution is 2.82. The van der Waals surface area contributed by atoms with Gasteiger partial charge in [-0.2, -0.15) is 0 Å². The number of carbonyl (C=O) groups is 1. The van der Waals surface area contributed by atoms with Crippen LogP contribution in [0, 0.1) is 29.1 Å². The van der Waals surface area contributed by atoms with Gasteiger partial charge >= 0.3 is 5.97 Å². The molecule has 2 saturated heterocycles. The number of esters is 1. The highest BCUT2D eigenvalue weighted by atomic mass is 16.7. The number of aliphatic hydroxyl groups is 2. The summed E-state index contributed by atoms with van der Waals surface area (Å²) in [5, 5.41) is 24.8. The minimum absolute atomic E-state index is 0.0390. The van der Waals surface area contributed by atoms with Crippen LogP contribution in [0.2, 0.25) is 0 Å². The average molecular weight is 480 g/mol. The smallest absolute Gasteiger partial charge is 0.303 e. The van der Waals surface area contributed by atoms with Gasteiger partial charge in [-0.25, -0.2) is 0 Å². The lowest BCUT2D eigenvalue weighted by Gasteiger charge is -2.70. The van der Waals surface area contributed by atoms with Gasteiger partial charge in [-0.15, -0.1) is 0 Å². The van der Waals surface area contributed by atoms with E-state index in [9.17, 15) is 15.0 Å². The van der Waals surface area contributed by atoms with Gasteiger partial charge in [-0.3, -0.25) is 9.69 Å². The molecule has 3 spiro atoms. The molecule has 7 bridgehead atoms. The summed E-state index contributed by atoms with van der Waals surface area (Å²) in [6.45, 7) is 5.27. The summed E-state index contributed by atoms with van der Waals surface area (Å²) >= 11 is 0. The Morgan fingerprint density at radius 3 is 2.65 bits per heavy atom. The quantitative estimate of drug-likeness (QED) is 0.551. The van der Waals surface area contributed by atoms with Crippen LogP contribution < -0.4 is 0 Å². The number of hydrogen-bond acceptors (Lipinski definition) is 9. The summed E-state index contributed by atoms with van der Waals surface area (Å²) in [7, 11) is 3.39. The molecule has 0 aromatic rings. The minimum atomic E-state index is -1.26. The van der Waals surface area contributed by atoms with Gasteiger partial charge in [0.15, 0.2) is 5.60 Å². The Balaban J connectivity index is 1.59. The average Bonchev–Trinajstić information content (AvgIpc) is 3.32. The summed E-state index contributed by atoms with van der Waals surface area (Å²) in [6.07, 6.45) is 0.750. The number of nitrogens with zero attached hydrogens (tertiary/aromatic N) is 1. The molecule has 9 nitrogen and oxygen atoms in total. The molecule has 7 fully saturated rings. The lowest BCUT2D eigenvalue weighted by molar-refractivity contribution is -0.323. The fourth-order valence-corrected chi connectivity index (χ4v) is 11.1. The Labute approximate surface area is 200 Å². The molecule has 34 heavy (non-hydrogen) atoms. The van der Waals surface area contributed by atoms with Crippen molar-refractivity contribution in [2.45, 2.75) is 86.8 Å². The first kappa shape index (κ1) is 22.4. The third-order valence-electron chi connectivity index (χ3n) is 11.5. The van der Waals surface area contributed by atoms with Crippen LogP contribution in [-0.2, 0) is 28.5 Å². The van der Waals surface area contributed by atoms with Crippen molar-refractivity contribution in [3.63, 3.8) is 0 Å². The van der Waals surface area contributed by atoms with Gasteiger partial charge in [0.05, 0.1) is 35.4 Å². The second-order valence-corrected chi connectivity index (χ2v) is 11.9. The van der Waals surface area contributed by atoms with Gasteiger partial charge < -0.3 is 33.9 Å². The maximum absolute atomic E-state index is 13.1. The molecule has 5 aliphatic carbocycles. The number of hydrogen-bond donors (Lipinski definition) is 2. The standard InChI is InChI=1S/C25H37NO8/c1-5-26-10-13-6-7-16(31-4)24-17(13)20(34-12(2)27)25(21(24)26)23(32-11-33-25)9-15(30-3)14-8-22(24,29)19(23)18(14)28/h13-21,28-29H,5-11H2,1-4H3/t13-,14+,15-,16-,17-,18-,19-,20-,21-,22-,23+,24+,25+/m0/s1. The van der Waals surface area contributed by atoms with Crippen LogP contribution >= 0.6 is 0 Å². The van der Waals surface area contributed by atoms with Crippen molar-refractivity contribution in [2.24, 2.45) is 29.1 Å². The molecule has 9 heteroatoms. The predicted octanol–water partition coefficient (Wildman–Crippen LogP) is 0.306. The Morgan fingerprint density at radius 1 is 1.18 bits per heavy atom. The van der Waals surface area contributed by atoms with Crippen molar-refractivity contribution >= 4 is 5.97 Å². The molecule has 5 saturated carbocycles. The third kappa shape index (κ3) is 1.97. The van der Waals surface area contributed by atoms with Gasteiger partial charge in [0.2, 0.25) is 0 Å². The van der Waals surface area contributed by atoms with Gasteiger partial charge in [-0.1, -0.05) is 6.92 Å². The maximum atomic E-state index is 13.1. The highest BCUT2D eigenvalue weighted by molar-refractivity contribution is 5.67. The number of methoxy groups -OCH3 is 2. The SMILES string of the molecule is CCN1C[C@@H]2CC[C@H](OC)[C@]34[C@@H]2[C@H](OC(C)=O)[C@@]2(OCO[C@@]25C[C@H](OC)[C@H]2C[C@]3(O)[C@@H]5[C@H]2O)[C@@H]14. The van der Waals surface area contributed by atoms with E-state index in [1.807, 2.05) is 0 Å². The third-order valence-corrected chi connectivity index (χ3v) is 11.5. The monoisotopic (exact) mass is 479 g/mol. The van der Waals surface area contributed by atoms with E-state index in [0.29, 0.717) is 12.8 Å². The molecule has 190 valence electrons. The molecule has 2 N–H and O–H groups in total. The van der Waals surface area contributed by atoms with Crippen LogP contribution in [-0.4, -0.2) is 102 Å². The predicted molar refractivity (Wildman–Crippen MR) is 116 cm³/mol. The molecule has 0 amide bonds. The van der Waals surface area contributed by atoms with E-state index in [1.54, 1.807) is 14.2 Å². The number of fused-ring (bicyclic) bond motifs is 1. The molecular formula is C25H37NO8. The van der Waals surface area contributed by atoms with E-state index in [4.69, 9.17) is 23.7 Å². The number of piperidine rings is 1. The van der Waals surface area contributed by atoms with E-state index in [0.717, 1.165) is 25.9 Å². The number of likely N-dealkylation sites (N-methyl/N-ethyl adjacent to an activating group) is 1. The lowest BCUT2D eigenvalue weighted by atomic mass is 9.43. The zero-order valence-corrected chi connectivity index (χ0v) is 20.4. The van der Waals surface area contributed by atoms with E-state index in [2.05, 4.69) is 11.8 Å². The fourth-order valence-electron chi connectivity index (χ4n) is 11.1. The number of aliphatic hydroxyl groups excluding tert-OH is 1. The summed E-state index contributed by atoms with van der Waals surface area (Å²) < 4.78 is 31.7. The fraction of sp³-hybridized carbons (Fsp3) is 0.960. The summed E-state index contributed by atoms with van der Waals surface area (Å²) in [5.74, 6) is -1.02. The van der Waals surface area contributed by atoms with Gasteiger partial charge in [0.1, 0.15) is 18.5 Å². The van der Waals surface area contributed by atoms with Gasteiger partial charge in [0, 0.05) is 51.9 Å². The Morgan fingerprint density at radius 2 is 1.97 bits per heavy atom. The zero-order chi connectivity index (χ0) is 23.8. The zero-order valence-electron chi connectivity index (χ0n) is 20.4. The van der Waals surface area contributed by atoms with Crippen LogP contribution in [0.25, 0.3) is 0 Å². The Hall–Kier alpha value is -0.810. The molecule has 2 aliphatic heterocycles. The van der Waals surface area contributed by atoms with E-state index >= 15 is 0 Å². The molecule has 0 aromatic heterocycles. The second-order valence-electron chi connectivity index (χ2n) is 11.9. The molecular weight excluding hydrogens is 442 g/mol. The van der Waals surface area contributed by atoms with Crippen molar-refractivity contribution in [3.8, 4) is 0 Å². The molecule has 13 atom stereocenters. The summed E-state index contributed by atoms with van der Waals surface area (Å²) in [6, 6.07) is -0.258. The van der Waals surface area contributed by atoms with E-state index < -0.39 is 40.3 Å². The first-order chi connectivity index (χ1) is 16.3. The van der Waals surface area contributed by atoms with Crippen molar-refractivity contribution < 1.29 is 38.7 Å². The summed E-state index contributed by atoms with van der Waals surface area (Å²) in [5.41, 5.74) is -4.06. The van der Waals surface area contributed by atoms with E-state index in [-0.39, 0.29) is 48.8 Å². The van der Waals surface area contributed by atoms with Crippen molar-refractivity contribution in [1.29, 1.82) is 0 Å². The van der Waals surface area contributed by atoms with Crippen LogP contribution in [0.3, 0.4) is 0 Å². The topological polar surface area (TPSA) is 107 Å². The van der Waals surface area contributed by atoms with Crippen molar-refractivity contribution in [2.75, 3.05) is 34.1 Å². The van der Waals surface area contributed by atoms with Gasteiger partial charge in [-0.05, 0) is 31.7 Å². The second kappa shape index (κ2) is 6.73. The molecule has 0 aromatic carbocycles. The normalized spacial score (nSPS) is 60.8. The Bertz CT molecular complexity index is 917. The summed E-state index contributed by atoms with van der Waals surface area (Å²) in [4.78, 5) is 15.0. The van der Waals surface area contributed by atoms with Gasteiger partial charge in [0.25, 0.3) is 0 Å². The molecule has 7 aliphatic rings. The first-order valence-electron chi connectivity index (χ1n) is 12.9. The maximum Gasteiger partial charge on any atom is 0.303 e. The number of ether oxygens (including phenoxy) is 5. The first-order valence-corrected chi connectivity index (χ1v) is 12.9. The molecule has 2 heterocycles. The molecule has 0 unspecified atom stereocenters. The number of rotatable bonds is 4. The number of carbonyl (C=O) groups excluding carboxylic acids is 1. The van der Waals surface area contributed by atoms with Crippen LogP contribution in [0.5, 0.6) is 0 Å². The minimum Gasteiger partial charge on any atom is -0.459 e. The molecule has 0 radical (unpaired) electrons. The number of likely N-dealkylation sites (tertiary alicyclic amines) is 1. The highest BCUT2D eigenvalue weighted by Gasteiger charge is 2.96. The van der Waals surface area contributed by atoms with Crippen molar-refractivity contribution in [1.82, 2.24) is 4.90 Å². The largest absolute Gasteiger partial charge is 0.459 e. The van der Waals surface area contributed by atoms with Crippen LogP contribution in [0.1, 0.15) is 39.5 Å². The van der Waals surface area contributed by atoms with Crippen LogP contribution in [0.4, 0.5) is 0 Å². The lowest BCUT2D eigenvalue weighted by Crippen LogP contribution is -2.85.